The van der Waals surface area contributed by atoms with E-state index in [-0.39, 0.29) is 12.5 Å². The minimum Gasteiger partial charge on any atom is -0.493 e. The number of nitrogens with zero attached hydrogens (tertiary/aromatic N) is 7. The van der Waals surface area contributed by atoms with Gasteiger partial charge in [-0.2, -0.15) is 4.68 Å². The molecule has 4 aromatic rings. The van der Waals surface area contributed by atoms with Crippen molar-refractivity contribution in [1.82, 2.24) is 35.3 Å². The van der Waals surface area contributed by atoms with E-state index in [1.54, 1.807) is 23.1 Å². The number of fused-ring (bicyclic) bond motifs is 1. The Kier molecular flexibility index (Phi) is 9.51. The van der Waals surface area contributed by atoms with Gasteiger partial charge in [-0.1, -0.05) is 64.6 Å². The number of benzene rings is 2. The van der Waals surface area contributed by atoms with E-state index in [0.29, 0.717) is 53.1 Å². The van der Waals surface area contributed by atoms with Crippen LogP contribution in [0, 0.1) is 0 Å². The molecule has 2 aromatic heterocycles. The number of carbonyl (C=O) groups is 2. The SMILES string of the molecule is CCN(CC)C(=O)COc1ccc(C2C(C(=O)OC)=C(CSc3nnc(-c4ccccc4)s3)Nc3nnnn32)cc1OC. The van der Waals surface area contributed by atoms with E-state index in [1.807, 2.05) is 44.2 Å². The van der Waals surface area contributed by atoms with E-state index >= 15 is 0 Å². The molecule has 0 fully saturated rings. The Labute approximate surface area is 256 Å². The number of amides is 1. The fourth-order valence-electron chi connectivity index (χ4n) is 4.59. The lowest BCUT2D eigenvalue weighted by atomic mass is 9.95. The minimum absolute atomic E-state index is 0.128. The Morgan fingerprint density at radius 3 is 2.56 bits per heavy atom. The summed E-state index contributed by atoms with van der Waals surface area (Å²) in [5.41, 5.74) is 2.54. The van der Waals surface area contributed by atoms with Gasteiger partial charge < -0.3 is 24.4 Å². The first-order valence-corrected chi connectivity index (χ1v) is 15.2. The zero-order valence-electron chi connectivity index (χ0n) is 24.0. The molecule has 0 bridgehead atoms. The molecule has 1 amide bonds. The molecule has 1 atom stereocenters. The average molecular weight is 623 g/mol. The number of esters is 1. The second-order valence-corrected chi connectivity index (χ2v) is 11.4. The van der Waals surface area contributed by atoms with Crippen molar-refractivity contribution in [2.45, 2.75) is 24.2 Å². The highest BCUT2D eigenvalue weighted by Crippen LogP contribution is 2.40. The van der Waals surface area contributed by atoms with Gasteiger partial charge in [-0.15, -0.1) is 10.2 Å². The van der Waals surface area contributed by atoms with Crippen LogP contribution in [0.4, 0.5) is 5.95 Å². The quantitative estimate of drug-likeness (QED) is 0.182. The van der Waals surface area contributed by atoms with Crippen LogP contribution in [-0.2, 0) is 14.3 Å². The van der Waals surface area contributed by atoms with Crippen molar-refractivity contribution in [1.29, 1.82) is 0 Å². The predicted molar refractivity (Wildman–Crippen MR) is 161 cm³/mol. The maximum absolute atomic E-state index is 13.3. The third-order valence-corrected chi connectivity index (χ3v) is 8.87. The Morgan fingerprint density at radius 2 is 1.84 bits per heavy atom. The van der Waals surface area contributed by atoms with Crippen molar-refractivity contribution in [3.05, 3.63) is 65.4 Å². The molecule has 1 N–H and O–H groups in total. The minimum atomic E-state index is -0.733. The molecule has 0 spiro atoms. The molecule has 2 aromatic carbocycles. The number of hydrogen-bond acceptors (Lipinski definition) is 13. The van der Waals surface area contributed by atoms with Gasteiger partial charge in [0.1, 0.15) is 11.0 Å². The van der Waals surface area contributed by atoms with Gasteiger partial charge in [0.05, 0.1) is 19.8 Å². The molecule has 0 aliphatic carbocycles. The second-order valence-electron chi connectivity index (χ2n) is 9.15. The Hall–Kier alpha value is -4.50. The van der Waals surface area contributed by atoms with Crippen molar-refractivity contribution < 1.29 is 23.8 Å². The van der Waals surface area contributed by atoms with Crippen LogP contribution in [0.15, 0.2) is 64.1 Å². The summed E-state index contributed by atoms with van der Waals surface area (Å²) in [5.74, 6) is 0.823. The maximum Gasteiger partial charge on any atom is 0.338 e. The summed E-state index contributed by atoms with van der Waals surface area (Å²) in [4.78, 5) is 27.5. The summed E-state index contributed by atoms with van der Waals surface area (Å²) in [5, 5.41) is 24.7. The topological polar surface area (TPSA) is 146 Å². The third-order valence-electron chi connectivity index (χ3n) is 6.74. The lowest BCUT2D eigenvalue weighted by Crippen LogP contribution is -2.34. The van der Waals surface area contributed by atoms with Crippen molar-refractivity contribution in [3.8, 4) is 22.1 Å². The van der Waals surface area contributed by atoms with Crippen molar-refractivity contribution in [3.63, 3.8) is 0 Å². The van der Waals surface area contributed by atoms with E-state index in [1.165, 1.54) is 42.0 Å². The van der Waals surface area contributed by atoms with E-state index in [2.05, 4.69) is 31.0 Å². The summed E-state index contributed by atoms with van der Waals surface area (Å²) in [6.45, 7) is 4.88. The van der Waals surface area contributed by atoms with Gasteiger partial charge in [-0.3, -0.25) is 4.79 Å². The summed E-state index contributed by atoms with van der Waals surface area (Å²) in [6.07, 6.45) is 0. The Balaban J connectivity index is 1.44. The van der Waals surface area contributed by atoms with E-state index < -0.39 is 12.0 Å². The van der Waals surface area contributed by atoms with E-state index in [0.717, 1.165) is 14.9 Å². The summed E-state index contributed by atoms with van der Waals surface area (Å²) in [7, 11) is 2.83. The zero-order chi connectivity index (χ0) is 30.3. The van der Waals surface area contributed by atoms with Crippen LogP contribution in [0.25, 0.3) is 10.6 Å². The smallest absolute Gasteiger partial charge is 0.338 e. The number of thioether (sulfide) groups is 1. The number of aromatic nitrogens is 6. The summed E-state index contributed by atoms with van der Waals surface area (Å²) >= 11 is 2.90. The van der Waals surface area contributed by atoms with Crippen LogP contribution in [-0.4, -0.2) is 86.8 Å². The van der Waals surface area contributed by atoms with E-state index in [4.69, 9.17) is 14.2 Å². The molecular weight excluding hydrogens is 592 g/mol. The molecule has 13 nitrogen and oxygen atoms in total. The molecule has 0 radical (unpaired) electrons. The van der Waals surface area contributed by atoms with Crippen LogP contribution in [0.3, 0.4) is 0 Å². The highest BCUT2D eigenvalue weighted by molar-refractivity contribution is 8.01. The molecule has 1 aliphatic heterocycles. The van der Waals surface area contributed by atoms with Crippen molar-refractivity contribution in [2.75, 3.05) is 45.0 Å². The molecule has 0 saturated heterocycles. The zero-order valence-corrected chi connectivity index (χ0v) is 25.6. The monoisotopic (exact) mass is 622 g/mol. The highest BCUT2D eigenvalue weighted by Gasteiger charge is 2.36. The lowest BCUT2D eigenvalue weighted by molar-refractivity contribution is -0.136. The van der Waals surface area contributed by atoms with Crippen LogP contribution in [0.1, 0.15) is 25.5 Å². The van der Waals surface area contributed by atoms with Crippen LogP contribution in [0.5, 0.6) is 11.5 Å². The number of methoxy groups -OCH3 is 2. The fourth-order valence-corrected chi connectivity index (χ4v) is 6.41. The highest BCUT2D eigenvalue weighted by atomic mass is 32.2. The van der Waals surface area contributed by atoms with Crippen LogP contribution < -0.4 is 14.8 Å². The molecular formula is C28H30N8O5S2. The molecule has 0 saturated carbocycles. The molecule has 43 heavy (non-hydrogen) atoms. The summed E-state index contributed by atoms with van der Waals surface area (Å²) in [6, 6.07) is 14.3. The Morgan fingerprint density at radius 1 is 1.05 bits per heavy atom. The van der Waals surface area contributed by atoms with Gasteiger partial charge >= 0.3 is 5.97 Å². The van der Waals surface area contributed by atoms with Crippen LogP contribution >= 0.6 is 23.1 Å². The van der Waals surface area contributed by atoms with E-state index in [9.17, 15) is 9.59 Å². The number of carbonyl (C=O) groups excluding carboxylic acids is 2. The van der Waals surface area contributed by atoms with Crippen molar-refractivity contribution in [2.24, 2.45) is 0 Å². The standard InChI is InChI=1S/C28H30N8O5S2/c1-5-35(6-2)22(37)15-41-20-13-12-18(14-21(20)39-3)24-23(26(38)40-4)19(29-27-31-33-34-36(24)27)16-42-28-32-30-25(43-28)17-10-8-7-9-11-17/h7-14,24H,5-6,15-16H2,1-4H3,(H,29,31,34). The van der Waals surface area contributed by atoms with Gasteiger partial charge in [-0.25, -0.2) is 4.79 Å². The molecule has 1 unspecified atom stereocenters. The average Bonchev–Trinajstić information content (AvgIpc) is 3.72. The van der Waals surface area contributed by atoms with Crippen molar-refractivity contribution >= 4 is 40.9 Å². The van der Waals surface area contributed by atoms with Gasteiger partial charge in [0.2, 0.25) is 5.95 Å². The van der Waals surface area contributed by atoms with Gasteiger partial charge in [0.15, 0.2) is 22.4 Å². The first-order chi connectivity index (χ1) is 21.0. The number of nitrogens with one attached hydrogen (secondary N) is 1. The summed E-state index contributed by atoms with van der Waals surface area (Å²) < 4.78 is 18.9. The maximum atomic E-state index is 13.3. The Bertz CT molecular complexity index is 1620. The third kappa shape index (κ3) is 6.46. The normalized spacial score (nSPS) is 14.1. The first kappa shape index (κ1) is 30.0. The number of ether oxygens (including phenoxy) is 3. The first-order valence-electron chi connectivity index (χ1n) is 13.4. The number of rotatable bonds is 12. The fraction of sp³-hybridized carbons (Fsp3) is 0.321. The second kappa shape index (κ2) is 13.6. The molecule has 224 valence electrons. The number of tetrazole rings is 1. The lowest BCUT2D eigenvalue weighted by Gasteiger charge is -2.28. The van der Waals surface area contributed by atoms with Gasteiger partial charge in [-0.05, 0) is 42.0 Å². The van der Waals surface area contributed by atoms with Crippen LogP contribution in [0.2, 0.25) is 0 Å². The van der Waals surface area contributed by atoms with Gasteiger partial charge in [0.25, 0.3) is 5.91 Å². The number of hydrogen-bond donors (Lipinski definition) is 1. The van der Waals surface area contributed by atoms with Gasteiger partial charge in [0, 0.05) is 30.1 Å². The molecule has 3 heterocycles. The molecule has 1 aliphatic rings. The molecule has 15 heteroatoms. The number of anilines is 1. The number of likely N-dealkylation sites (N-methyl/N-ethyl adjacent to an activating group) is 1. The predicted octanol–water partition coefficient (Wildman–Crippen LogP) is 3.68. The molecule has 5 rings (SSSR count). The largest absolute Gasteiger partial charge is 0.493 e.